The third-order valence-corrected chi connectivity index (χ3v) is 9.52. The van der Waals surface area contributed by atoms with E-state index in [4.69, 9.17) is 4.42 Å². The second kappa shape index (κ2) is 17.8. The molecule has 14 heteroatoms. The van der Waals surface area contributed by atoms with Crippen LogP contribution in [-0.4, -0.2) is 79.7 Å². The first kappa shape index (κ1) is 39.6. The number of nitrogens with one attached hydrogen (secondary N) is 3. The van der Waals surface area contributed by atoms with Crippen molar-refractivity contribution in [1.82, 2.24) is 36.0 Å². The number of ketones is 1. The second-order valence-corrected chi connectivity index (χ2v) is 15.5. The summed E-state index contributed by atoms with van der Waals surface area (Å²) < 4.78 is 6.58. The van der Waals surface area contributed by atoms with Gasteiger partial charge in [0, 0.05) is 33.8 Å². The minimum absolute atomic E-state index is 0.200. The van der Waals surface area contributed by atoms with E-state index < -0.39 is 35.4 Å². The highest BCUT2D eigenvalue weighted by atomic mass is 127. The Bertz CT molecular complexity index is 1690. The Morgan fingerprint density at radius 2 is 1.67 bits per heavy atom. The Morgan fingerprint density at radius 1 is 0.961 bits per heavy atom. The third kappa shape index (κ3) is 10.9. The van der Waals surface area contributed by atoms with E-state index in [9.17, 15) is 24.0 Å². The minimum Gasteiger partial charge on any atom is -0.414 e. The molecule has 2 aromatic heterocycles. The van der Waals surface area contributed by atoms with Crippen LogP contribution in [0.5, 0.6) is 0 Å². The van der Waals surface area contributed by atoms with E-state index in [0.717, 1.165) is 3.57 Å². The molecule has 274 valence electrons. The van der Waals surface area contributed by atoms with Crippen LogP contribution in [-0.2, 0) is 14.4 Å². The van der Waals surface area contributed by atoms with Gasteiger partial charge in [0.2, 0.25) is 29.4 Å². The maximum Gasteiger partial charge on any atom is 0.286 e. The molecule has 1 aromatic carbocycles. The number of Topliss-reactive ketones (excluding diaryl/α,β-unsaturated/α-hetero) is 1. The molecule has 0 saturated carbocycles. The minimum atomic E-state index is -0.947. The summed E-state index contributed by atoms with van der Waals surface area (Å²) in [6.07, 6.45) is 4.75. The van der Waals surface area contributed by atoms with Crippen LogP contribution < -0.4 is 16.0 Å². The van der Waals surface area contributed by atoms with Crippen molar-refractivity contribution in [3.63, 3.8) is 0 Å². The molecule has 3 atom stereocenters. The van der Waals surface area contributed by atoms with E-state index >= 15 is 0 Å². The van der Waals surface area contributed by atoms with E-state index in [1.807, 2.05) is 52.0 Å². The van der Waals surface area contributed by atoms with E-state index in [1.54, 1.807) is 38.2 Å². The van der Waals surface area contributed by atoms with Gasteiger partial charge in [0.25, 0.3) is 11.8 Å². The SMILES string of the molecule is CC(C)[C@H](NC(=O)[C@@H]1CCCN1C(=O)[C@@H](NC(=O)CCCCC(C)(C)NC(=O)c1cc(I)ccn1)C(C)C)C(=O)c1nnc(-c2ccccc2)o1. The average molecular weight is 814 g/mol. The number of benzene rings is 1. The van der Waals surface area contributed by atoms with Crippen LogP contribution in [0.4, 0.5) is 0 Å². The first-order valence-corrected chi connectivity index (χ1v) is 18.5. The third-order valence-electron chi connectivity index (χ3n) is 8.85. The normalized spacial score (nSPS) is 15.8. The number of carbonyl (C=O) groups is 5. The molecule has 0 aliphatic carbocycles. The molecule has 1 aliphatic heterocycles. The Hall–Kier alpha value is -4.21. The molecule has 4 amide bonds. The van der Waals surface area contributed by atoms with Crippen LogP contribution in [0, 0.1) is 15.4 Å². The lowest BCUT2D eigenvalue weighted by Gasteiger charge is -2.31. The molecule has 0 radical (unpaired) electrons. The van der Waals surface area contributed by atoms with Crippen LogP contribution in [0.15, 0.2) is 53.1 Å². The monoisotopic (exact) mass is 813 g/mol. The maximum absolute atomic E-state index is 13.8. The smallest absolute Gasteiger partial charge is 0.286 e. The molecule has 3 heterocycles. The number of likely N-dealkylation sites (tertiary alicyclic amines) is 1. The van der Waals surface area contributed by atoms with Crippen LogP contribution >= 0.6 is 22.6 Å². The number of aromatic nitrogens is 3. The lowest BCUT2D eigenvalue weighted by Crippen LogP contribution is -2.57. The second-order valence-electron chi connectivity index (χ2n) is 14.3. The summed E-state index contributed by atoms with van der Waals surface area (Å²) in [5.41, 5.74) is 0.516. The topological polar surface area (TPSA) is 176 Å². The fourth-order valence-corrected chi connectivity index (χ4v) is 6.45. The highest BCUT2D eigenvalue weighted by Crippen LogP contribution is 2.23. The van der Waals surface area contributed by atoms with Crippen LogP contribution in [0.1, 0.15) is 101 Å². The van der Waals surface area contributed by atoms with Crippen molar-refractivity contribution in [2.75, 3.05) is 6.54 Å². The molecule has 3 aromatic rings. The zero-order chi connectivity index (χ0) is 37.3. The van der Waals surface area contributed by atoms with Crippen molar-refractivity contribution in [1.29, 1.82) is 0 Å². The number of rotatable bonds is 16. The van der Waals surface area contributed by atoms with Gasteiger partial charge in [-0.1, -0.05) is 52.3 Å². The van der Waals surface area contributed by atoms with Crippen molar-refractivity contribution in [2.45, 2.75) is 104 Å². The Labute approximate surface area is 312 Å². The number of amides is 4. The fraction of sp³-hybridized carbons (Fsp3) is 0.514. The lowest BCUT2D eigenvalue weighted by molar-refractivity contribution is -0.142. The quantitative estimate of drug-likeness (QED) is 0.103. The Morgan fingerprint density at radius 3 is 2.33 bits per heavy atom. The largest absolute Gasteiger partial charge is 0.414 e. The van der Waals surface area contributed by atoms with E-state index in [-0.39, 0.29) is 47.8 Å². The van der Waals surface area contributed by atoms with Gasteiger partial charge in [-0.15, -0.1) is 10.2 Å². The zero-order valence-electron chi connectivity index (χ0n) is 30.1. The summed E-state index contributed by atoms with van der Waals surface area (Å²) in [4.78, 5) is 72.3. The Balaban J connectivity index is 1.30. The van der Waals surface area contributed by atoms with Crippen molar-refractivity contribution in [3.05, 3.63) is 63.8 Å². The highest BCUT2D eigenvalue weighted by molar-refractivity contribution is 14.1. The van der Waals surface area contributed by atoms with Crippen molar-refractivity contribution < 1.29 is 28.4 Å². The number of pyridine rings is 1. The predicted octanol–water partition coefficient (Wildman–Crippen LogP) is 4.96. The van der Waals surface area contributed by atoms with Gasteiger partial charge < -0.3 is 25.3 Å². The van der Waals surface area contributed by atoms with Crippen LogP contribution in [0.2, 0.25) is 0 Å². The molecule has 3 N–H and O–H groups in total. The standard InChI is InChI=1S/C37H48IN7O6/c1-22(2)29(31(47)35-44-43-34(51-35)24-13-8-7-9-14-24)41-33(49)27-15-12-20-45(27)36(50)30(23(3)4)40-28(46)16-10-11-18-37(5,6)42-32(48)26-21-25(38)17-19-39-26/h7-9,13-14,17,19,21-23,27,29-30H,10-12,15-16,18,20H2,1-6H3,(H,40,46)(H,41,49)(H,42,48)/t27-,29-,30-/m0/s1. The fourth-order valence-electron chi connectivity index (χ4n) is 5.99. The summed E-state index contributed by atoms with van der Waals surface area (Å²) in [5.74, 6) is -2.33. The van der Waals surface area contributed by atoms with Gasteiger partial charge in [-0.3, -0.25) is 29.0 Å². The molecule has 0 bridgehead atoms. The van der Waals surface area contributed by atoms with E-state index in [2.05, 4.69) is 53.7 Å². The van der Waals surface area contributed by atoms with Crippen molar-refractivity contribution in [3.8, 4) is 11.5 Å². The molecule has 13 nitrogen and oxygen atoms in total. The maximum atomic E-state index is 13.8. The van der Waals surface area contributed by atoms with Gasteiger partial charge in [0.15, 0.2) is 0 Å². The molecule has 1 saturated heterocycles. The van der Waals surface area contributed by atoms with Gasteiger partial charge in [0.1, 0.15) is 17.8 Å². The van der Waals surface area contributed by atoms with Gasteiger partial charge >= 0.3 is 0 Å². The number of unbranched alkanes of at least 4 members (excludes halogenated alkanes) is 1. The van der Waals surface area contributed by atoms with E-state index in [0.29, 0.717) is 49.9 Å². The lowest BCUT2D eigenvalue weighted by atomic mass is 9.96. The average Bonchev–Trinajstić information content (AvgIpc) is 3.79. The molecule has 1 aliphatic rings. The molecule has 0 spiro atoms. The molecule has 0 unspecified atom stereocenters. The summed E-state index contributed by atoms with van der Waals surface area (Å²) in [5, 5.41) is 16.7. The highest BCUT2D eigenvalue weighted by Gasteiger charge is 2.40. The first-order chi connectivity index (χ1) is 24.2. The molecule has 1 fully saturated rings. The number of nitrogens with zero attached hydrogens (tertiary/aromatic N) is 4. The summed E-state index contributed by atoms with van der Waals surface area (Å²) in [6.45, 7) is 11.5. The van der Waals surface area contributed by atoms with E-state index in [1.165, 1.54) is 4.90 Å². The number of hydrogen-bond donors (Lipinski definition) is 3. The van der Waals surface area contributed by atoms with Gasteiger partial charge in [-0.25, -0.2) is 0 Å². The molecular formula is C37H48IN7O6. The van der Waals surface area contributed by atoms with Gasteiger partial charge in [-0.2, -0.15) is 0 Å². The van der Waals surface area contributed by atoms with Crippen LogP contribution in [0.3, 0.4) is 0 Å². The molecular weight excluding hydrogens is 765 g/mol. The zero-order valence-corrected chi connectivity index (χ0v) is 32.2. The molecule has 51 heavy (non-hydrogen) atoms. The number of hydrogen-bond acceptors (Lipinski definition) is 9. The van der Waals surface area contributed by atoms with Crippen LogP contribution in [0.25, 0.3) is 11.5 Å². The first-order valence-electron chi connectivity index (χ1n) is 17.4. The summed E-state index contributed by atoms with van der Waals surface area (Å²) >= 11 is 2.13. The van der Waals surface area contributed by atoms with Gasteiger partial charge in [0.05, 0.1) is 6.04 Å². The summed E-state index contributed by atoms with van der Waals surface area (Å²) in [7, 11) is 0. The Kier molecular flexibility index (Phi) is 13.8. The van der Waals surface area contributed by atoms with Crippen molar-refractivity contribution in [2.24, 2.45) is 11.8 Å². The number of halogens is 1. The van der Waals surface area contributed by atoms with Crippen molar-refractivity contribution >= 4 is 52.0 Å². The summed E-state index contributed by atoms with van der Waals surface area (Å²) in [6, 6.07) is 10.1. The van der Waals surface area contributed by atoms with Gasteiger partial charge in [-0.05, 0) is 98.2 Å². The number of carbonyl (C=O) groups excluding carboxylic acids is 5. The molecule has 4 rings (SSSR count). The predicted molar refractivity (Wildman–Crippen MR) is 199 cm³/mol.